The predicted octanol–water partition coefficient (Wildman–Crippen LogP) is 1.63. The second-order valence-corrected chi connectivity index (χ2v) is 1.82. The van der Waals surface area contributed by atoms with E-state index in [9.17, 15) is 0 Å². The zero-order valence-electron chi connectivity index (χ0n) is 5.01. The summed E-state index contributed by atoms with van der Waals surface area (Å²) in [5.41, 5.74) is 2.47. The maximum Gasteiger partial charge on any atom is 0.0117 e. The van der Waals surface area contributed by atoms with Crippen molar-refractivity contribution >= 4 is 0 Å². The number of hydrogen-bond acceptors (Lipinski definition) is 0. The second kappa shape index (κ2) is 3.03. The van der Waals surface area contributed by atoms with Crippen LogP contribution in [0.1, 0.15) is 11.4 Å². The standard InChI is InChI=1S/C6H9N.Ru/c1-5-3-4-6(2)7-5;/h3-4,7H,1-2H3;. The molecule has 8 heavy (non-hydrogen) atoms. The molecule has 0 spiro atoms. The molecule has 2 heteroatoms. The third-order valence-electron chi connectivity index (χ3n) is 0.978. The first kappa shape index (κ1) is 7.90. The largest absolute Gasteiger partial charge is 0.363 e. The van der Waals surface area contributed by atoms with E-state index in [4.69, 9.17) is 0 Å². The summed E-state index contributed by atoms with van der Waals surface area (Å²) >= 11 is 0. The van der Waals surface area contributed by atoms with E-state index < -0.39 is 0 Å². The molecule has 0 radical (unpaired) electrons. The van der Waals surface area contributed by atoms with Crippen LogP contribution in [0.4, 0.5) is 0 Å². The minimum atomic E-state index is 0. The minimum absolute atomic E-state index is 0. The fraction of sp³-hybridized carbons (Fsp3) is 0.333. The molecule has 1 rings (SSSR count). The van der Waals surface area contributed by atoms with E-state index in [2.05, 4.69) is 17.1 Å². The van der Waals surface area contributed by atoms with Crippen molar-refractivity contribution in [3.63, 3.8) is 0 Å². The van der Waals surface area contributed by atoms with E-state index in [-0.39, 0.29) is 19.5 Å². The van der Waals surface area contributed by atoms with Gasteiger partial charge >= 0.3 is 0 Å². The third-order valence-corrected chi connectivity index (χ3v) is 0.978. The van der Waals surface area contributed by atoms with Gasteiger partial charge in [-0.15, -0.1) is 0 Å². The van der Waals surface area contributed by atoms with Crippen LogP contribution in [0.5, 0.6) is 0 Å². The molecule has 0 aliphatic carbocycles. The molecule has 0 aliphatic rings. The molecule has 0 unspecified atom stereocenters. The number of aromatic nitrogens is 1. The van der Waals surface area contributed by atoms with E-state index >= 15 is 0 Å². The minimum Gasteiger partial charge on any atom is -0.363 e. The maximum absolute atomic E-state index is 3.14. The van der Waals surface area contributed by atoms with Crippen LogP contribution in [0.15, 0.2) is 12.1 Å². The zero-order valence-corrected chi connectivity index (χ0v) is 6.75. The molecule has 0 amide bonds. The summed E-state index contributed by atoms with van der Waals surface area (Å²) in [4.78, 5) is 3.14. The Hall–Kier alpha value is -0.0966. The van der Waals surface area contributed by atoms with Gasteiger partial charge in [-0.25, -0.2) is 0 Å². The van der Waals surface area contributed by atoms with Crippen LogP contribution in [0.3, 0.4) is 0 Å². The molecule has 0 aliphatic heterocycles. The van der Waals surface area contributed by atoms with Gasteiger partial charge in [0.2, 0.25) is 0 Å². The van der Waals surface area contributed by atoms with Gasteiger partial charge in [-0.2, -0.15) is 0 Å². The average Bonchev–Trinajstić information content (AvgIpc) is 1.87. The van der Waals surface area contributed by atoms with Crippen molar-refractivity contribution in [3.05, 3.63) is 23.5 Å². The number of aryl methyl sites for hydroxylation is 2. The summed E-state index contributed by atoms with van der Waals surface area (Å²) in [7, 11) is 0. The molecule has 1 aromatic heterocycles. The molecule has 1 N–H and O–H groups in total. The van der Waals surface area contributed by atoms with E-state index in [1.54, 1.807) is 0 Å². The van der Waals surface area contributed by atoms with Crippen LogP contribution in [-0.2, 0) is 19.5 Å². The van der Waals surface area contributed by atoms with Gasteiger partial charge in [0.05, 0.1) is 0 Å². The first-order valence-electron chi connectivity index (χ1n) is 2.41. The summed E-state index contributed by atoms with van der Waals surface area (Å²) in [6, 6.07) is 4.13. The van der Waals surface area contributed by atoms with Crippen LogP contribution < -0.4 is 0 Å². The molecule has 1 nitrogen and oxygen atoms in total. The Morgan fingerprint density at radius 3 is 1.62 bits per heavy atom. The topological polar surface area (TPSA) is 15.8 Å². The number of hydrogen-bond donors (Lipinski definition) is 1. The van der Waals surface area contributed by atoms with Crippen molar-refractivity contribution in [3.8, 4) is 0 Å². The van der Waals surface area contributed by atoms with Crippen molar-refractivity contribution in [2.45, 2.75) is 13.8 Å². The summed E-state index contributed by atoms with van der Waals surface area (Å²) in [5, 5.41) is 0. The van der Waals surface area contributed by atoms with Gasteiger partial charge in [-0.05, 0) is 26.0 Å². The van der Waals surface area contributed by atoms with Crippen LogP contribution in [0, 0.1) is 13.8 Å². The van der Waals surface area contributed by atoms with Crippen molar-refractivity contribution in [1.82, 2.24) is 4.98 Å². The Balaban J connectivity index is 0.000000490. The summed E-state index contributed by atoms with van der Waals surface area (Å²) < 4.78 is 0. The monoisotopic (exact) mass is 197 g/mol. The molecular weight excluding hydrogens is 187 g/mol. The first-order valence-corrected chi connectivity index (χ1v) is 2.41. The quantitative estimate of drug-likeness (QED) is 0.607. The molecule has 0 saturated heterocycles. The van der Waals surface area contributed by atoms with Crippen molar-refractivity contribution < 1.29 is 19.5 Å². The maximum atomic E-state index is 3.14. The molecule has 0 atom stereocenters. The van der Waals surface area contributed by atoms with Gasteiger partial charge in [0, 0.05) is 30.9 Å². The fourth-order valence-corrected chi connectivity index (χ4v) is 0.644. The van der Waals surface area contributed by atoms with Crippen LogP contribution in [0.25, 0.3) is 0 Å². The molecule has 0 aromatic carbocycles. The second-order valence-electron chi connectivity index (χ2n) is 1.82. The van der Waals surface area contributed by atoms with Gasteiger partial charge in [0.15, 0.2) is 0 Å². The number of aromatic amines is 1. The number of nitrogens with one attached hydrogen (secondary N) is 1. The molecule has 46 valence electrons. The SMILES string of the molecule is Cc1ccc(C)[nH]1.[Ru]. The molecular formula is C6H9NRu. The van der Waals surface area contributed by atoms with Crippen LogP contribution in [0.2, 0.25) is 0 Å². The zero-order chi connectivity index (χ0) is 5.28. The Labute approximate surface area is 62.3 Å². The first-order chi connectivity index (χ1) is 3.29. The summed E-state index contributed by atoms with van der Waals surface area (Å²) in [6.07, 6.45) is 0. The fourth-order valence-electron chi connectivity index (χ4n) is 0.644. The Morgan fingerprint density at radius 1 is 1.12 bits per heavy atom. The average molecular weight is 196 g/mol. The van der Waals surface area contributed by atoms with Crippen LogP contribution >= 0.6 is 0 Å². The molecule has 0 saturated carbocycles. The van der Waals surface area contributed by atoms with E-state index in [0.717, 1.165) is 0 Å². The van der Waals surface area contributed by atoms with Gasteiger partial charge in [-0.1, -0.05) is 0 Å². The van der Waals surface area contributed by atoms with Gasteiger partial charge in [-0.3, -0.25) is 0 Å². The summed E-state index contributed by atoms with van der Waals surface area (Å²) in [5.74, 6) is 0. The third kappa shape index (κ3) is 1.79. The molecule has 0 fully saturated rings. The predicted molar refractivity (Wildman–Crippen MR) is 30.3 cm³/mol. The number of rotatable bonds is 0. The van der Waals surface area contributed by atoms with Gasteiger partial charge in [0.25, 0.3) is 0 Å². The van der Waals surface area contributed by atoms with E-state index in [1.165, 1.54) is 11.4 Å². The molecule has 1 heterocycles. The van der Waals surface area contributed by atoms with E-state index in [0.29, 0.717) is 0 Å². The number of H-pyrrole nitrogens is 1. The molecule has 0 bridgehead atoms. The van der Waals surface area contributed by atoms with Crippen LogP contribution in [-0.4, -0.2) is 4.98 Å². The Kier molecular flexibility index (Phi) is 3.00. The van der Waals surface area contributed by atoms with Gasteiger partial charge in [0.1, 0.15) is 0 Å². The smallest absolute Gasteiger partial charge is 0.0117 e. The van der Waals surface area contributed by atoms with E-state index in [1.807, 2.05) is 13.8 Å². The van der Waals surface area contributed by atoms with Gasteiger partial charge < -0.3 is 4.98 Å². The molecule has 1 aromatic rings. The van der Waals surface area contributed by atoms with Crippen molar-refractivity contribution in [2.24, 2.45) is 0 Å². The van der Waals surface area contributed by atoms with Crippen molar-refractivity contribution in [1.29, 1.82) is 0 Å². The normalized spacial score (nSPS) is 8.25. The van der Waals surface area contributed by atoms with Crippen molar-refractivity contribution in [2.75, 3.05) is 0 Å². The Morgan fingerprint density at radius 2 is 1.50 bits per heavy atom. The summed E-state index contributed by atoms with van der Waals surface area (Å²) in [6.45, 7) is 4.10. The Bertz CT molecular complexity index is 141.